The van der Waals surface area contributed by atoms with Gasteiger partial charge >= 0.3 is 0 Å². The molecule has 3 heterocycles. The molecule has 6 rings (SSSR count). The number of anilines is 1. The molecule has 8 heteroatoms. The Bertz CT molecular complexity index is 1420. The average Bonchev–Trinajstić information content (AvgIpc) is 3.31. The van der Waals surface area contributed by atoms with Gasteiger partial charge in [0.05, 0.1) is 10.6 Å². The van der Waals surface area contributed by atoms with E-state index < -0.39 is 6.10 Å². The third-order valence-electron chi connectivity index (χ3n) is 6.10. The zero-order valence-corrected chi connectivity index (χ0v) is 17.7. The van der Waals surface area contributed by atoms with E-state index in [9.17, 15) is 10.1 Å². The van der Waals surface area contributed by atoms with Gasteiger partial charge in [0.15, 0.2) is 0 Å². The predicted octanol–water partition coefficient (Wildman–Crippen LogP) is 5.05. The molecule has 0 aliphatic carbocycles. The molecule has 1 aromatic heterocycles. The minimum absolute atomic E-state index is 0.0224. The molecule has 4 aromatic rings. The monoisotopic (exact) mass is 437 g/mol. The van der Waals surface area contributed by atoms with E-state index in [4.69, 9.17) is 4.74 Å². The number of aromatic nitrogens is 3. The number of non-ortho nitro benzene ring substituents is 1. The summed E-state index contributed by atoms with van der Waals surface area (Å²) < 4.78 is 8.35. The lowest BCUT2D eigenvalue weighted by atomic mass is 9.84. The number of fused-ring (bicyclic) bond motifs is 3. The van der Waals surface area contributed by atoms with E-state index in [0.29, 0.717) is 17.3 Å². The number of nitro groups is 1. The van der Waals surface area contributed by atoms with Crippen molar-refractivity contribution in [3.05, 3.63) is 117 Å². The molecule has 0 saturated heterocycles. The van der Waals surface area contributed by atoms with Crippen LogP contribution in [0.25, 0.3) is 5.70 Å². The highest BCUT2D eigenvalue weighted by molar-refractivity contribution is 5.85. The summed E-state index contributed by atoms with van der Waals surface area (Å²) in [5, 5.41) is 19.4. The fourth-order valence-corrected chi connectivity index (χ4v) is 4.56. The average molecular weight is 437 g/mol. The summed E-state index contributed by atoms with van der Waals surface area (Å²) >= 11 is 0. The topological polar surface area (TPSA) is 95.1 Å². The Hall–Kier alpha value is -4.46. The van der Waals surface area contributed by atoms with Gasteiger partial charge in [0.25, 0.3) is 5.69 Å². The van der Waals surface area contributed by atoms with Crippen LogP contribution >= 0.6 is 0 Å². The fraction of sp³-hybridized carbons (Fsp3) is 0.120. The van der Waals surface area contributed by atoms with Gasteiger partial charge < -0.3 is 10.1 Å². The molecule has 33 heavy (non-hydrogen) atoms. The molecule has 3 aromatic carbocycles. The molecule has 0 saturated carbocycles. The Morgan fingerprint density at radius 1 is 1.03 bits per heavy atom. The van der Waals surface area contributed by atoms with Gasteiger partial charge in [-0.15, -0.1) is 0 Å². The summed E-state index contributed by atoms with van der Waals surface area (Å²) in [5.74, 6) is 1.34. The van der Waals surface area contributed by atoms with Gasteiger partial charge in [-0.2, -0.15) is 10.1 Å². The van der Waals surface area contributed by atoms with Gasteiger partial charge in [0, 0.05) is 28.8 Å². The van der Waals surface area contributed by atoms with E-state index in [0.717, 1.165) is 28.0 Å². The lowest BCUT2D eigenvalue weighted by molar-refractivity contribution is -0.385. The largest absolute Gasteiger partial charge is 0.480 e. The van der Waals surface area contributed by atoms with Crippen LogP contribution in [0.2, 0.25) is 0 Å². The highest BCUT2D eigenvalue weighted by atomic mass is 16.6. The van der Waals surface area contributed by atoms with E-state index >= 15 is 0 Å². The number of nitrogens with zero attached hydrogens (tertiary/aromatic N) is 4. The molecular formula is C25H19N5O3. The first-order chi connectivity index (χ1) is 16.1. The molecule has 0 bridgehead atoms. The highest BCUT2D eigenvalue weighted by Crippen LogP contribution is 2.50. The molecule has 2 atom stereocenters. The van der Waals surface area contributed by atoms with Gasteiger partial charge in [0.1, 0.15) is 24.2 Å². The number of hydrogen-bond donors (Lipinski definition) is 1. The van der Waals surface area contributed by atoms with Crippen molar-refractivity contribution in [2.45, 2.75) is 19.1 Å². The molecule has 0 unspecified atom stereocenters. The fourth-order valence-electron chi connectivity index (χ4n) is 4.56. The van der Waals surface area contributed by atoms with Crippen LogP contribution in [0, 0.1) is 17.0 Å². The molecule has 0 radical (unpaired) electrons. The third kappa shape index (κ3) is 3.07. The molecule has 162 valence electrons. The van der Waals surface area contributed by atoms with Crippen molar-refractivity contribution < 1.29 is 9.66 Å². The lowest BCUT2D eigenvalue weighted by Crippen LogP contribution is -2.32. The van der Waals surface area contributed by atoms with Crippen molar-refractivity contribution in [1.29, 1.82) is 0 Å². The summed E-state index contributed by atoms with van der Waals surface area (Å²) in [5.41, 5.74) is 5.64. The first-order valence-electron chi connectivity index (χ1n) is 10.6. The second-order valence-electron chi connectivity index (χ2n) is 8.14. The van der Waals surface area contributed by atoms with E-state index in [1.165, 1.54) is 12.4 Å². The zero-order valence-electron chi connectivity index (χ0n) is 17.7. The minimum Gasteiger partial charge on any atom is -0.480 e. The summed E-state index contributed by atoms with van der Waals surface area (Å²) in [4.78, 5) is 15.5. The number of nitro benzene ring substituents is 1. The van der Waals surface area contributed by atoms with Crippen LogP contribution in [0.4, 0.5) is 11.6 Å². The predicted molar refractivity (Wildman–Crippen MR) is 123 cm³/mol. The smallest absolute Gasteiger partial charge is 0.269 e. The molecular weight excluding hydrogens is 418 g/mol. The van der Waals surface area contributed by atoms with Crippen molar-refractivity contribution in [3.8, 4) is 5.75 Å². The summed E-state index contributed by atoms with van der Waals surface area (Å²) in [6, 6.07) is 22.4. The van der Waals surface area contributed by atoms with Crippen LogP contribution in [-0.2, 0) is 0 Å². The molecule has 0 amide bonds. The van der Waals surface area contributed by atoms with E-state index in [1.54, 1.807) is 12.1 Å². The number of rotatable bonds is 3. The maximum Gasteiger partial charge on any atom is 0.269 e. The lowest BCUT2D eigenvalue weighted by Gasteiger charge is -2.38. The second-order valence-corrected chi connectivity index (χ2v) is 8.14. The summed E-state index contributed by atoms with van der Waals surface area (Å²) in [7, 11) is 0. The van der Waals surface area contributed by atoms with Crippen LogP contribution in [0.5, 0.6) is 5.75 Å². The number of nitrogens with one attached hydrogen (secondary N) is 1. The Labute approximate surface area is 189 Å². The SMILES string of the molecule is Cc1ccc([C@@H]2C3=C(Nc4ncnn42)c2ccccc2O[C@H]3c2cccc([N+](=O)[O-])c2)cc1. The molecule has 1 N–H and O–H groups in total. The van der Waals surface area contributed by atoms with E-state index in [1.807, 2.05) is 41.9 Å². The Morgan fingerprint density at radius 2 is 1.85 bits per heavy atom. The zero-order chi connectivity index (χ0) is 22.5. The minimum atomic E-state index is -0.550. The molecule has 8 nitrogen and oxygen atoms in total. The molecule has 0 spiro atoms. The van der Waals surface area contributed by atoms with Gasteiger partial charge in [-0.3, -0.25) is 10.1 Å². The third-order valence-corrected chi connectivity index (χ3v) is 6.10. The number of aryl methyl sites for hydroxylation is 1. The van der Waals surface area contributed by atoms with Crippen LogP contribution in [0.1, 0.15) is 34.4 Å². The first-order valence-corrected chi connectivity index (χ1v) is 10.6. The standard InChI is InChI=1S/C25H19N5O3/c1-15-9-11-16(12-10-15)23-21-22(28-25-26-14-27-29(23)25)19-7-2-3-8-20(19)33-24(21)17-5-4-6-18(13-17)30(31)32/h2-14,23-24H,1H3,(H,26,27,28)/t23-,24+/m1/s1. The van der Waals surface area contributed by atoms with Gasteiger partial charge in [-0.1, -0.05) is 54.1 Å². The maximum atomic E-state index is 11.5. The number of benzene rings is 3. The normalized spacial score (nSPS) is 18.5. The Balaban J connectivity index is 1.62. The van der Waals surface area contributed by atoms with Crippen molar-refractivity contribution in [1.82, 2.24) is 14.8 Å². The number of hydrogen-bond acceptors (Lipinski definition) is 6. The maximum absolute atomic E-state index is 11.5. The Kier molecular flexibility index (Phi) is 4.26. The highest BCUT2D eigenvalue weighted by Gasteiger charge is 2.41. The first kappa shape index (κ1) is 19.2. The van der Waals surface area contributed by atoms with Crippen LogP contribution < -0.4 is 10.1 Å². The molecule has 2 aliphatic heterocycles. The molecule has 0 fully saturated rings. The van der Waals surface area contributed by atoms with Gasteiger partial charge in [0.2, 0.25) is 5.95 Å². The van der Waals surface area contributed by atoms with Crippen molar-refractivity contribution in [3.63, 3.8) is 0 Å². The molecule has 2 aliphatic rings. The van der Waals surface area contributed by atoms with Crippen molar-refractivity contribution >= 4 is 17.3 Å². The van der Waals surface area contributed by atoms with Gasteiger partial charge in [-0.05, 0) is 24.6 Å². The van der Waals surface area contributed by atoms with Crippen LogP contribution in [0.3, 0.4) is 0 Å². The van der Waals surface area contributed by atoms with E-state index in [2.05, 4.69) is 39.7 Å². The van der Waals surface area contributed by atoms with Crippen LogP contribution in [-0.4, -0.2) is 19.7 Å². The van der Waals surface area contributed by atoms with E-state index in [-0.39, 0.29) is 16.7 Å². The summed E-state index contributed by atoms with van der Waals surface area (Å²) in [6.07, 6.45) is 0.975. The van der Waals surface area contributed by atoms with Gasteiger partial charge in [-0.25, -0.2) is 4.68 Å². The number of para-hydroxylation sites is 1. The van der Waals surface area contributed by atoms with Crippen LogP contribution in [0.15, 0.2) is 84.7 Å². The van der Waals surface area contributed by atoms with Crippen molar-refractivity contribution in [2.24, 2.45) is 0 Å². The second kappa shape index (κ2) is 7.30. The Morgan fingerprint density at radius 3 is 2.67 bits per heavy atom. The van der Waals surface area contributed by atoms with Crippen molar-refractivity contribution in [2.75, 3.05) is 5.32 Å². The number of ether oxygens (including phenoxy) is 1. The summed E-state index contributed by atoms with van der Waals surface area (Å²) in [6.45, 7) is 2.05. The quantitative estimate of drug-likeness (QED) is 0.356.